The molecule has 1 aliphatic heterocycles. The van der Waals surface area contributed by atoms with E-state index in [0.29, 0.717) is 28.8 Å². The fraction of sp³-hybridized carbons (Fsp3) is 0.722. The maximum atomic E-state index is 10.4. The first-order chi connectivity index (χ1) is 13.6. The molecule has 2 fully saturated rings. The summed E-state index contributed by atoms with van der Waals surface area (Å²) in [4.78, 5) is 13.5. The summed E-state index contributed by atoms with van der Waals surface area (Å²) in [6.07, 6.45) is 2.78. The number of hydrogen-bond acceptors (Lipinski definition) is 9. The van der Waals surface area contributed by atoms with E-state index in [1.807, 2.05) is 6.92 Å². The molecule has 2 aromatic heterocycles. The van der Waals surface area contributed by atoms with E-state index in [2.05, 4.69) is 26.0 Å². The van der Waals surface area contributed by atoms with Crippen LogP contribution in [0.2, 0.25) is 0 Å². The van der Waals surface area contributed by atoms with Crippen LogP contribution in [0.15, 0.2) is 6.33 Å². The molecule has 1 aliphatic carbocycles. The van der Waals surface area contributed by atoms with Gasteiger partial charge in [0.1, 0.15) is 24.1 Å². The molecular weight excluding hydrogens is 364 g/mol. The maximum Gasteiger partial charge on any atom is 0.167 e. The first-order valence-corrected chi connectivity index (χ1v) is 9.64. The van der Waals surface area contributed by atoms with E-state index in [9.17, 15) is 10.2 Å². The highest BCUT2D eigenvalue weighted by atomic mass is 16.6. The van der Waals surface area contributed by atoms with Crippen molar-refractivity contribution in [2.24, 2.45) is 5.73 Å². The highest BCUT2D eigenvalue weighted by Crippen LogP contribution is 2.33. The molecule has 156 valence electrons. The Morgan fingerprint density at radius 3 is 2.64 bits per heavy atom. The summed E-state index contributed by atoms with van der Waals surface area (Å²) < 4.78 is 12.5. The third kappa shape index (κ3) is 3.96. The Morgan fingerprint density at radius 1 is 1.25 bits per heavy atom. The number of aryl methyl sites for hydroxylation is 1. The zero-order valence-corrected chi connectivity index (χ0v) is 16.6. The van der Waals surface area contributed by atoms with Crippen molar-refractivity contribution in [3.05, 3.63) is 12.2 Å². The summed E-state index contributed by atoms with van der Waals surface area (Å²) >= 11 is 0. The van der Waals surface area contributed by atoms with Crippen molar-refractivity contribution in [2.75, 3.05) is 26.1 Å². The highest BCUT2D eigenvalue weighted by Gasteiger charge is 2.44. The third-order valence-electron chi connectivity index (χ3n) is 5.17. The molecule has 0 unspecified atom stereocenters. The standard InChI is InChI=1S/C17H25N5O4.CH5N/c1-9-19-15(21-10-5-3-4-6-10)12-16(20-9)22(8-18-12)17-14(24)13(23)11(26-17)7-25-2;1-2/h8,10-11,13-14,17,23-24H,3-7H2,1-2H3,(H,19,20,21);2H2,1H3/t11-,13-,14-,17-;/m1./s1. The van der Waals surface area contributed by atoms with Crippen molar-refractivity contribution in [1.82, 2.24) is 19.5 Å². The van der Waals surface area contributed by atoms with Crippen LogP contribution >= 0.6 is 0 Å². The van der Waals surface area contributed by atoms with Crippen molar-refractivity contribution in [3.63, 3.8) is 0 Å². The molecule has 1 saturated heterocycles. The Balaban J connectivity index is 0.00000109. The summed E-state index contributed by atoms with van der Waals surface area (Å²) in [6, 6.07) is 0.402. The molecule has 2 aromatic rings. The average molecular weight is 394 g/mol. The molecule has 0 aromatic carbocycles. The van der Waals surface area contributed by atoms with E-state index in [1.54, 1.807) is 10.9 Å². The van der Waals surface area contributed by atoms with Gasteiger partial charge in [-0.2, -0.15) is 0 Å². The van der Waals surface area contributed by atoms with E-state index < -0.39 is 24.5 Å². The molecule has 10 heteroatoms. The largest absolute Gasteiger partial charge is 0.387 e. The molecule has 2 aliphatic rings. The first kappa shape index (κ1) is 20.9. The predicted octanol–water partition coefficient (Wildman–Crippen LogP) is 0.330. The number of hydrogen-bond donors (Lipinski definition) is 4. The lowest BCUT2D eigenvalue weighted by molar-refractivity contribution is -0.0580. The number of imidazole rings is 1. The van der Waals surface area contributed by atoms with Gasteiger partial charge < -0.3 is 30.7 Å². The fourth-order valence-electron chi connectivity index (χ4n) is 3.84. The number of nitrogens with two attached hydrogens (primary N) is 1. The van der Waals surface area contributed by atoms with Crippen molar-refractivity contribution in [3.8, 4) is 0 Å². The van der Waals surface area contributed by atoms with Crippen LogP contribution in [0.4, 0.5) is 5.82 Å². The predicted molar refractivity (Wildman–Crippen MR) is 104 cm³/mol. The number of methoxy groups -OCH3 is 1. The molecule has 3 heterocycles. The Morgan fingerprint density at radius 2 is 1.96 bits per heavy atom. The van der Waals surface area contributed by atoms with Crippen LogP contribution in [-0.2, 0) is 9.47 Å². The monoisotopic (exact) mass is 394 g/mol. The Kier molecular flexibility index (Phi) is 6.78. The van der Waals surface area contributed by atoms with Gasteiger partial charge in [-0.1, -0.05) is 12.8 Å². The molecule has 4 atom stereocenters. The first-order valence-electron chi connectivity index (χ1n) is 9.64. The van der Waals surface area contributed by atoms with Gasteiger partial charge in [-0.15, -0.1) is 0 Å². The van der Waals surface area contributed by atoms with Crippen LogP contribution in [0.3, 0.4) is 0 Å². The highest BCUT2D eigenvalue weighted by molar-refractivity contribution is 5.83. The average Bonchev–Trinajstić information content (AvgIpc) is 3.40. The lowest BCUT2D eigenvalue weighted by atomic mass is 10.1. The van der Waals surface area contributed by atoms with Crippen LogP contribution in [0, 0.1) is 6.92 Å². The quantitative estimate of drug-likeness (QED) is 0.564. The second-order valence-electron chi connectivity index (χ2n) is 7.07. The SMILES string of the molecule is CN.COC[C@H]1O[C@@H](n2cnc3c(NC4CCCC4)nc(C)nc32)[C@H](O)[C@@H]1O. The zero-order valence-electron chi connectivity index (χ0n) is 16.6. The third-order valence-corrected chi connectivity index (χ3v) is 5.17. The Bertz CT molecular complexity index is 779. The lowest BCUT2D eigenvalue weighted by Gasteiger charge is -2.17. The number of fused-ring (bicyclic) bond motifs is 1. The molecule has 28 heavy (non-hydrogen) atoms. The van der Waals surface area contributed by atoms with Gasteiger partial charge >= 0.3 is 0 Å². The summed E-state index contributed by atoms with van der Waals surface area (Å²) in [6.45, 7) is 2.02. The van der Waals surface area contributed by atoms with E-state index >= 15 is 0 Å². The molecule has 1 saturated carbocycles. The number of aromatic nitrogens is 4. The van der Waals surface area contributed by atoms with Crippen LogP contribution in [0.5, 0.6) is 0 Å². The molecule has 5 N–H and O–H groups in total. The van der Waals surface area contributed by atoms with Crippen molar-refractivity contribution >= 4 is 17.0 Å². The second-order valence-corrected chi connectivity index (χ2v) is 7.07. The molecular formula is C18H30N6O4. The van der Waals surface area contributed by atoms with E-state index in [4.69, 9.17) is 9.47 Å². The molecule has 0 bridgehead atoms. The number of anilines is 1. The summed E-state index contributed by atoms with van der Waals surface area (Å²) in [7, 11) is 3.03. The molecule has 0 amide bonds. The Labute approximate surface area is 164 Å². The number of nitrogens with one attached hydrogen (secondary N) is 1. The normalized spacial score (nSPS) is 27.8. The van der Waals surface area contributed by atoms with Gasteiger partial charge in [0.2, 0.25) is 0 Å². The number of rotatable bonds is 5. The van der Waals surface area contributed by atoms with Crippen molar-refractivity contribution < 1.29 is 19.7 Å². The number of aliphatic hydroxyl groups is 2. The van der Waals surface area contributed by atoms with Crippen LogP contribution in [0.1, 0.15) is 37.7 Å². The molecule has 0 radical (unpaired) electrons. The second kappa shape index (κ2) is 9.10. The maximum absolute atomic E-state index is 10.4. The number of nitrogens with zero attached hydrogens (tertiary/aromatic N) is 4. The summed E-state index contributed by atoms with van der Waals surface area (Å²) in [5.41, 5.74) is 5.72. The zero-order chi connectivity index (χ0) is 20.3. The van der Waals surface area contributed by atoms with Crippen molar-refractivity contribution in [1.29, 1.82) is 0 Å². The van der Waals surface area contributed by atoms with Gasteiger partial charge in [0.15, 0.2) is 23.2 Å². The minimum Gasteiger partial charge on any atom is -0.387 e. The van der Waals surface area contributed by atoms with Gasteiger partial charge in [0.05, 0.1) is 12.9 Å². The number of ether oxygens (including phenoxy) is 2. The summed E-state index contributed by atoms with van der Waals surface area (Å²) in [5.74, 6) is 1.32. The topological polar surface area (TPSA) is 141 Å². The molecule has 4 rings (SSSR count). The van der Waals surface area contributed by atoms with Gasteiger partial charge in [-0.25, -0.2) is 15.0 Å². The molecule has 0 spiro atoms. The van der Waals surface area contributed by atoms with Crippen molar-refractivity contribution in [2.45, 2.75) is 63.2 Å². The minimum absolute atomic E-state index is 0.198. The van der Waals surface area contributed by atoms with Crippen LogP contribution < -0.4 is 11.1 Å². The number of aliphatic hydroxyl groups excluding tert-OH is 2. The lowest BCUT2D eigenvalue weighted by Crippen LogP contribution is -2.33. The minimum atomic E-state index is -1.09. The fourth-order valence-corrected chi connectivity index (χ4v) is 3.84. The smallest absolute Gasteiger partial charge is 0.167 e. The van der Waals surface area contributed by atoms with Gasteiger partial charge in [-0.3, -0.25) is 4.57 Å². The van der Waals surface area contributed by atoms with Gasteiger partial charge in [0.25, 0.3) is 0 Å². The molecule has 10 nitrogen and oxygen atoms in total. The van der Waals surface area contributed by atoms with E-state index in [1.165, 1.54) is 27.0 Å². The summed E-state index contributed by atoms with van der Waals surface area (Å²) in [5, 5.41) is 24.1. The van der Waals surface area contributed by atoms with Crippen LogP contribution in [0.25, 0.3) is 11.2 Å². The van der Waals surface area contributed by atoms with E-state index in [0.717, 1.165) is 12.8 Å². The van der Waals surface area contributed by atoms with Gasteiger partial charge in [-0.05, 0) is 26.8 Å². The van der Waals surface area contributed by atoms with Gasteiger partial charge in [0, 0.05) is 13.2 Å². The Hall–Kier alpha value is -1.85. The van der Waals surface area contributed by atoms with Crippen LogP contribution in [-0.4, -0.2) is 74.9 Å². The van der Waals surface area contributed by atoms with E-state index in [-0.39, 0.29) is 6.61 Å².